The maximum Gasteiger partial charge on any atom is 0.259 e. The van der Waals surface area contributed by atoms with Crippen molar-refractivity contribution in [1.82, 2.24) is 19.9 Å². The second-order valence-electron chi connectivity index (χ2n) is 10.2. The summed E-state index contributed by atoms with van der Waals surface area (Å²) in [6, 6.07) is 7.92. The van der Waals surface area contributed by atoms with Gasteiger partial charge >= 0.3 is 0 Å². The van der Waals surface area contributed by atoms with E-state index in [1.54, 1.807) is 25.6 Å². The fourth-order valence-electron chi connectivity index (χ4n) is 5.15. The average molecular weight is 547 g/mol. The summed E-state index contributed by atoms with van der Waals surface area (Å²) in [5.41, 5.74) is 10.9. The molecule has 0 bridgehead atoms. The Labute approximate surface area is 232 Å². The molecular weight excluding hydrogens is 512 g/mol. The van der Waals surface area contributed by atoms with Crippen molar-refractivity contribution in [3.63, 3.8) is 0 Å². The number of rotatable bonds is 8. The molecule has 0 radical (unpaired) electrons. The van der Waals surface area contributed by atoms with Crippen LogP contribution in [0.25, 0.3) is 21.3 Å². The zero-order chi connectivity index (χ0) is 27.7. The fourth-order valence-corrected chi connectivity index (χ4v) is 6.13. The summed E-state index contributed by atoms with van der Waals surface area (Å²) in [7, 11) is 3.72. The Morgan fingerprint density at radius 1 is 1.23 bits per heavy atom. The number of carbonyl (C=O) groups is 1. The van der Waals surface area contributed by atoms with Gasteiger partial charge in [0.25, 0.3) is 5.91 Å². The van der Waals surface area contributed by atoms with Gasteiger partial charge in [0.05, 0.1) is 35.3 Å². The number of methoxy groups -OCH3 is 1. The number of primary amides is 1. The van der Waals surface area contributed by atoms with Gasteiger partial charge in [-0.2, -0.15) is 0 Å². The highest BCUT2D eigenvalue weighted by atomic mass is 32.1. The number of nitrogens with two attached hydrogens (primary N) is 1. The molecule has 0 spiro atoms. The summed E-state index contributed by atoms with van der Waals surface area (Å²) in [6.07, 6.45) is 5.60. The Morgan fingerprint density at radius 3 is 2.69 bits per heavy atom. The molecule has 0 saturated carbocycles. The first-order valence-corrected chi connectivity index (χ1v) is 13.9. The lowest BCUT2D eigenvalue weighted by Gasteiger charge is -2.30. The first kappa shape index (κ1) is 26.8. The zero-order valence-corrected chi connectivity index (χ0v) is 23.8. The molecule has 3 N–H and O–H groups in total. The van der Waals surface area contributed by atoms with E-state index in [0.29, 0.717) is 39.3 Å². The average Bonchev–Trinajstić information content (AvgIpc) is 3.29. The first-order valence-electron chi connectivity index (χ1n) is 13.1. The molecule has 204 valence electrons. The summed E-state index contributed by atoms with van der Waals surface area (Å²) in [5.74, 6) is 1.51. The Hall–Kier alpha value is -3.76. The van der Waals surface area contributed by atoms with Crippen LogP contribution in [0.4, 0.5) is 11.6 Å². The highest BCUT2D eigenvalue weighted by Gasteiger charge is 2.25. The summed E-state index contributed by atoms with van der Waals surface area (Å²) in [4.78, 5) is 28.8. The van der Waals surface area contributed by atoms with Gasteiger partial charge < -0.3 is 25.4 Å². The number of pyridine rings is 1. The third kappa shape index (κ3) is 5.53. The smallest absolute Gasteiger partial charge is 0.259 e. The number of nitrogens with one attached hydrogen (secondary N) is 1. The molecule has 1 aliphatic rings. The third-order valence-corrected chi connectivity index (χ3v) is 8.15. The van der Waals surface area contributed by atoms with E-state index in [1.807, 2.05) is 19.9 Å². The quantitative estimate of drug-likeness (QED) is 0.297. The fraction of sp³-hybridized carbons (Fsp3) is 0.379. The van der Waals surface area contributed by atoms with Crippen molar-refractivity contribution in [2.75, 3.05) is 32.6 Å². The van der Waals surface area contributed by atoms with E-state index in [1.165, 1.54) is 22.5 Å². The van der Waals surface area contributed by atoms with Crippen molar-refractivity contribution in [3.8, 4) is 22.8 Å². The molecule has 1 fully saturated rings. The standard InChI is InChI=1S/C29H34N6O3S/c1-16(2)38-22-14-20(18-8-11-35(4)12-9-18)17(3)13-21(22)33-29-32-15-23-25(34-29)24(26(39-23)27(30)36)19-7-6-10-31-28(19)37-5/h6-7,10,13-16,18H,8-9,11-12H2,1-5H3,(H2,30,36)(H,32,33,34). The van der Waals surface area contributed by atoms with Crippen molar-refractivity contribution in [3.05, 3.63) is 52.7 Å². The molecule has 9 nitrogen and oxygen atoms in total. The molecule has 1 aliphatic heterocycles. The van der Waals surface area contributed by atoms with E-state index in [0.717, 1.165) is 42.1 Å². The van der Waals surface area contributed by atoms with E-state index in [9.17, 15) is 4.79 Å². The lowest BCUT2D eigenvalue weighted by Crippen LogP contribution is -2.29. The zero-order valence-electron chi connectivity index (χ0n) is 22.9. The summed E-state index contributed by atoms with van der Waals surface area (Å²) >= 11 is 1.25. The van der Waals surface area contributed by atoms with Gasteiger partial charge in [-0.05, 0) is 95.1 Å². The lowest BCUT2D eigenvalue weighted by atomic mass is 9.86. The normalized spacial score (nSPS) is 14.6. The Bertz CT molecular complexity index is 1510. The molecule has 1 saturated heterocycles. The maximum atomic E-state index is 12.4. The number of piperidine rings is 1. The number of hydrogen-bond donors (Lipinski definition) is 2. The van der Waals surface area contributed by atoms with Crippen LogP contribution in [0.3, 0.4) is 0 Å². The van der Waals surface area contributed by atoms with E-state index >= 15 is 0 Å². The number of benzene rings is 1. The molecule has 4 heterocycles. The predicted octanol–water partition coefficient (Wildman–Crippen LogP) is 5.51. The molecular formula is C29H34N6O3S. The van der Waals surface area contributed by atoms with Crippen LogP contribution in [-0.4, -0.2) is 59.1 Å². The van der Waals surface area contributed by atoms with E-state index in [2.05, 4.69) is 46.3 Å². The molecule has 1 aromatic carbocycles. The molecule has 5 rings (SSSR count). The highest BCUT2D eigenvalue weighted by Crippen LogP contribution is 2.42. The van der Waals surface area contributed by atoms with E-state index in [-0.39, 0.29) is 6.10 Å². The van der Waals surface area contributed by atoms with Gasteiger partial charge in [0.2, 0.25) is 11.8 Å². The summed E-state index contributed by atoms with van der Waals surface area (Å²) in [5, 5.41) is 3.38. The minimum atomic E-state index is -0.541. The van der Waals surface area contributed by atoms with Gasteiger partial charge in [0.15, 0.2) is 0 Å². The maximum absolute atomic E-state index is 12.4. The number of aromatic nitrogens is 3. The van der Waals surface area contributed by atoms with Crippen LogP contribution in [-0.2, 0) is 0 Å². The van der Waals surface area contributed by atoms with Gasteiger partial charge in [-0.1, -0.05) is 0 Å². The minimum Gasteiger partial charge on any atom is -0.489 e. The Kier molecular flexibility index (Phi) is 7.67. The number of aryl methyl sites for hydroxylation is 1. The number of amides is 1. The van der Waals surface area contributed by atoms with Gasteiger partial charge in [0, 0.05) is 17.3 Å². The number of anilines is 2. The second kappa shape index (κ2) is 11.2. The van der Waals surface area contributed by atoms with Crippen molar-refractivity contribution in [2.24, 2.45) is 5.73 Å². The summed E-state index contributed by atoms with van der Waals surface area (Å²) < 4.78 is 12.5. The molecule has 10 heteroatoms. The predicted molar refractivity (Wildman–Crippen MR) is 155 cm³/mol. The largest absolute Gasteiger partial charge is 0.489 e. The number of hydrogen-bond acceptors (Lipinski definition) is 9. The van der Waals surface area contributed by atoms with Crippen LogP contribution in [0, 0.1) is 6.92 Å². The molecule has 0 aliphatic carbocycles. The number of ether oxygens (including phenoxy) is 2. The monoisotopic (exact) mass is 546 g/mol. The van der Waals surface area contributed by atoms with Crippen LogP contribution < -0.4 is 20.5 Å². The highest BCUT2D eigenvalue weighted by molar-refractivity contribution is 7.21. The van der Waals surface area contributed by atoms with Crippen molar-refractivity contribution in [2.45, 2.75) is 45.6 Å². The summed E-state index contributed by atoms with van der Waals surface area (Å²) in [6.45, 7) is 8.37. The Morgan fingerprint density at radius 2 is 2.00 bits per heavy atom. The van der Waals surface area contributed by atoms with Crippen molar-refractivity contribution in [1.29, 1.82) is 0 Å². The molecule has 1 amide bonds. The minimum absolute atomic E-state index is 0.00152. The molecule has 4 aromatic rings. The molecule has 0 atom stereocenters. The SMILES string of the molecule is COc1ncccc1-c1c(C(N)=O)sc2cnc(Nc3cc(C)c(C4CCN(C)CC4)cc3OC(C)C)nc12. The third-order valence-electron chi connectivity index (χ3n) is 7.02. The molecule has 39 heavy (non-hydrogen) atoms. The topological polar surface area (TPSA) is 115 Å². The van der Waals surface area contributed by atoms with Crippen molar-refractivity contribution < 1.29 is 14.3 Å². The second-order valence-corrected chi connectivity index (χ2v) is 11.3. The number of carbonyl (C=O) groups excluding carboxylic acids is 1. The number of thiophene rings is 1. The number of likely N-dealkylation sites (tertiary alicyclic amines) is 1. The van der Waals surface area contributed by atoms with Crippen LogP contribution in [0.2, 0.25) is 0 Å². The van der Waals surface area contributed by atoms with Crippen molar-refractivity contribution >= 4 is 39.1 Å². The molecule has 3 aromatic heterocycles. The van der Waals surface area contributed by atoms with Crippen LogP contribution in [0.15, 0.2) is 36.7 Å². The first-order chi connectivity index (χ1) is 18.7. The van der Waals surface area contributed by atoms with Crippen LogP contribution >= 0.6 is 11.3 Å². The van der Waals surface area contributed by atoms with Gasteiger partial charge in [-0.15, -0.1) is 11.3 Å². The lowest BCUT2D eigenvalue weighted by molar-refractivity contribution is 0.100. The van der Waals surface area contributed by atoms with E-state index < -0.39 is 5.91 Å². The van der Waals surface area contributed by atoms with Crippen LogP contribution in [0.5, 0.6) is 11.6 Å². The Balaban J connectivity index is 1.57. The van der Waals surface area contributed by atoms with Gasteiger partial charge in [-0.3, -0.25) is 4.79 Å². The van der Waals surface area contributed by atoms with E-state index in [4.69, 9.17) is 20.2 Å². The van der Waals surface area contributed by atoms with Gasteiger partial charge in [0.1, 0.15) is 10.6 Å². The number of fused-ring (bicyclic) bond motifs is 1. The number of nitrogens with zero attached hydrogens (tertiary/aromatic N) is 4. The molecule has 0 unspecified atom stereocenters. The van der Waals surface area contributed by atoms with Crippen LogP contribution in [0.1, 0.15) is 53.4 Å². The van der Waals surface area contributed by atoms with Gasteiger partial charge in [-0.25, -0.2) is 15.0 Å².